The number of hydrogen-bond acceptors (Lipinski definition) is 1. The summed E-state index contributed by atoms with van der Waals surface area (Å²) >= 11 is 0. The van der Waals surface area contributed by atoms with Crippen molar-refractivity contribution in [1.29, 1.82) is 0 Å². The predicted octanol–water partition coefficient (Wildman–Crippen LogP) is 4.22. The molecule has 98 valence electrons. The third-order valence-electron chi connectivity index (χ3n) is 3.31. The maximum atomic E-state index is 8.82. The number of aliphatic hydroxyl groups excluding tert-OH is 1. The molecule has 0 heterocycles. The van der Waals surface area contributed by atoms with Crippen molar-refractivity contribution in [3.8, 4) is 11.1 Å². The monoisotopic (exact) mass is 252 g/mol. The van der Waals surface area contributed by atoms with E-state index in [1.54, 1.807) is 0 Å². The van der Waals surface area contributed by atoms with Crippen LogP contribution < -0.4 is 0 Å². The zero-order valence-corrected chi connectivity index (χ0v) is 11.3. The summed E-state index contributed by atoms with van der Waals surface area (Å²) in [5.41, 5.74) is 5.09. The summed E-state index contributed by atoms with van der Waals surface area (Å²) in [6, 6.07) is 19.1. The van der Waals surface area contributed by atoms with Gasteiger partial charge in [-0.1, -0.05) is 66.2 Å². The van der Waals surface area contributed by atoms with Gasteiger partial charge in [0.2, 0.25) is 0 Å². The molecule has 0 fully saturated rings. The Labute approximate surface area is 115 Å². The van der Waals surface area contributed by atoms with Crippen LogP contribution in [-0.2, 0) is 6.42 Å². The van der Waals surface area contributed by atoms with E-state index in [1.807, 2.05) is 12.1 Å². The molecule has 0 amide bonds. The SMILES string of the molecule is C/C(=C\CO)CCc1ccc(-c2ccccc2)cc1. The van der Waals surface area contributed by atoms with Gasteiger partial charge >= 0.3 is 0 Å². The summed E-state index contributed by atoms with van der Waals surface area (Å²) in [5, 5.41) is 8.82. The zero-order chi connectivity index (χ0) is 13.5. The van der Waals surface area contributed by atoms with Crippen LogP contribution in [0.15, 0.2) is 66.2 Å². The molecule has 2 aromatic carbocycles. The fourth-order valence-electron chi connectivity index (χ4n) is 2.09. The zero-order valence-electron chi connectivity index (χ0n) is 11.3. The Bertz CT molecular complexity index is 523. The van der Waals surface area contributed by atoms with Gasteiger partial charge in [-0.3, -0.25) is 0 Å². The van der Waals surface area contributed by atoms with Gasteiger partial charge in [-0.25, -0.2) is 0 Å². The van der Waals surface area contributed by atoms with Gasteiger partial charge in [0, 0.05) is 0 Å². The fourth-order valence-corrected chi connectivity index (χ4v) is 2.09. The lowest BCUT2D eigenvalue weighted by Crippen LogP contribution is -1.88. The molecule has 0 saturated carbocycles. The Kier molecular flexibility index (Phi) is 4.93. The van der Waals surface area contributed by atoms with Gasteiger partial charge in [0.15, 0.2) is 0 Å². The van der Waals surface area contributed by atoms with E-state index in [0.717, 1.165) is 12.8 Å². The second kappa shape index (κ2) is 6.91. The topological polar surface area (TPSA) is 20.2 Å². The Hall–Kier alpha value is -1.86. The Balaban J connectivity index is 2.01. The van der Waals surface area contributed by atoms with Crippen molar-refractivity contribution in [3.63, 3.8) is 0 Å². The van der Waals surface area contributed by atoms with Crippen LogP contribution in [0.4, 0.5) is 0 Å². The summed E-state index contributed by atoms with van der Waals surface area (Å²) < 4.78 is 0. The van der Waals surface area contributed by atoms with E-state index in [-0.39, 0.29) is 6.61 Å². The van der Waals surface area contributed by atoms with E-state index in [4.69, 9.17) is 5.11 Å². The summed E-state index contributed by atoms with van der Waals surface area (Å²) in [6.45, 7) is 2.20. The molecular weight excluding hydrogens is 232 g/mol. The lowest BCUT2D eigenvalue weighted by atomic mass is 10.0. The van der Waals surface area contributed by atoms with E-state index < -0.39 is 0 Å². The molecule has 1 heteroatoms. The van der Waals surface area contributed by atoms with Gasteiger partial charge in [0.05, 0.1) is 6.61 Å². The van der Waals surface area contributed by atoms with Gasteiger partial charge < -0.3 is 5.11 Å². The number of hydrogen-bond donors (Lipinski definition) is 1. The van der Waals surface area contributed by atoms with E-state index >= 15 is 0 Å². The maximum Gasteiger partial charge on any atom is 0.0614 e. The lowest BCUT2D eigenvalue weighted by Gasteiger charge is -2.05. The van der Waals surface area contributed by atoms with Crippen LogP contribution >= 0.6 is 0 Å². The molecule has 0 aliphatic carbocycles. The molecule has 0 spiro atoms. The molecule has 0 atom stereocenters. The minimum absolute atomic E-state index is 0.138. The largest absolute Gasteiger partial charge is 0.392 e. The average Bonchev–Trinajstić information content (AvgIpc) is 2.47. The minimum Gasteiger partial charge on any atom is -0.392 e. The number of rotatable bonds is 5. The highest BCUT2D eigenvalue weighted by molar-refractivity contribution is 5.63. The molecule has 0 radical (unpaired) electrons. The first-order valence-corrected chi connectivity index (χ1v) is 6.70. The van der Waals surface area contributed by atoms with Crippen LogP contribution in [0.1, 0.15) is 18.9 Å². The number of aliphatic hydroxyl groups is 1. The van der Waals surface area contributed by atoms with Crippen molar-refractivity contribution in [3.05, 3.63) is 71.8 Å². The second-order valence-corrected chi connectivity index (χ2v) is 4.80. The van der Waals surface area contributed by atoms with E-state index in [1.165, 1.54) is 22.3 Å². The van der Waals surface area contributed by atoms with Crippen LogP contribution in [0.3, 0.4) is 0 Å². The number of allylic oxidation sites excluding steroid dienone is 1. The van der Waals surface area contributed by atoms with Crippen LogP contribution in [0.5, 0.6) is 0 Å². The van der Waals surface area contributed by atoms with Crippen LogP contribution in [0.25, 0.3) is 11.1 Å². The quantitative estimate of drug-likeness (QED) is 0.790. The Morgan fingerprint density at radius 3 is 2.21 bits per heavy atom. The summed E-state index contributed by atoms with van der Waals surface area (Å²) in [6.07, 6.45) is 3.90. The summed E-state index contributed by atoms with van der Waals surface area (Å²) in [7, 11) is 0. The number of benzene rings is 2. The van der Waals surface area contributed by atoms with Gasteiger partial charge in [0.1, 0.15) is 0 Å². The molecule has 19 heavy (non-hydrogen) atoms. The first-order valence-electron chi connectivity index (χ1n) is 6.70. The van der Waals surface area contributed by atoms with Crippen LogP contribution in [0, 0.1) is 0 Å². The standard InChI is InChI=1S/C18H20O/c1-15(13-14-19)7-8-16-9-11-18(12-10-16)17-5-3-2-4-6-17/h2-6,9-13,19H,7-8,14H2,1H3/b15-13+. The molecule has 0 bridgehead atoms. The smallest absolute Gasteiger partial charge is 0.0614 e. The maximum absolute atomic E-state index is 8.82. The van der Waals surface area contributed by atoms with E-state index in [2.05, 4.69) is 55.5 Å². The highest BCUT2D eigenvalue weighted by Gasteiger charge is 1.98. The van der Waals surface area contributed by atoms with Gasteiger partial charge in [-0.2, -0.15) is 0 Å². The normalized spacial score (nSPS) is 11.6. The van der Waals surface area contributed by atoms with Crippen molar-refractivity contribution in [2.24, 2.45) is 0 Å². The fraction of sp³-hybridized carbons (Fsp3) is 0.222. The summed E-state index contributed by atoms with van der Waals surface area (Å²) in [4.78, 5) is 0. The highest BCUT2D eigenvalue weighted by Crippen LogP contribution is 2.20. The second-order valence-electron chi connectivity index (χ2n) is 4.80. The number of aryl methyl sites for hydroxylation is 1. The molecule has 0 aliphatic heterocycles. The van der Waals surface area contributed by atoms with Crippen LogP contribution in [-0.4, -0.2) is 11.7 Å². The molecule has 0 unspecified atom stereocenters. The first-order chi connectivity index (χ1) is 9.29. The van der Waals surface area contributed by atoms with Crippen molar-refractivity contribution in [1.82, 2.24) is 0 Å². The molecule has 0 aliphatic rings. The molecule has 2 rings (SSSR count). The Morgan fingerprint density at radius 2 is 1.58 bits per heavy atom. The predicted molar refractivity (Wildman–Crippen MR) is 81.0 cm³/mol. The molecule has 0 aromatic heterocycles. The first kappa shape index (κ1) is 13.6. The highest BCUT2D eigenvalue weighted by atomic mass is 16.2. The third-order valence-corrected chi connectivity index (χ3v) is 3.31. The Morgan fingerprint density at radius 1 is 0.947 bits per heavy atom. The summed E-state index contributed by atoms with van der Waals surface area (Å²) in [5.74, 6) is 0. The minimum atomic E-state index is 0.138. The van der Waals surface area contributed by atoms with Crippen molar-refractivity contribution in [2.75, 3.05) is 6.61 Å². The molecule has 1 nitrogen and oxygen atoms in total. The van der Waals surface area contributed by atoms with Crippen molar-refractivity contribution >= 4 is 0 Å². The van der Waals surface area contributed by atoms with Crippen LogP contribution in [0.2, 0.25) is 0 Å². The van der Waals surface area contributed by atoms with Gasteiger partial charge in [-0.15, -0.1) is 0 Å². The lowest BCUT2D eigenvalue weighted by molar-refractivity contribution is 0.341. The van der Waals surface area contributed by atoms with Crippen molar-refractivity contribution in [2.45, 2.75) is 19.8 Å². The third kappa shape index (κ3) is 4.08. The van der Waals surface area contributed by atoms with E-state index in [0.29, 0.717) is 0 Å². The van der Waals surface area contributed by atoms with E-state index in [9.17, 15) is 0 Å². The molecule has 2 aromatic rings. The molecule has 1 N–H and O–H groups in total. The molecular formula is C18H20O. The van der Waals surface area contributed by atoms with Crippen molar-refractivity contribution < 1.29 is 5.11 Å². The average molecular weight is 252 g/mol. The van der Waals surface area contributed by atoms with Gasteiger partial charge in [-0.05, 0) is 36.5 Å². The van der Waals surface area contributed by atoms with Gasteiger partial charge in [0.25, 0.3) is 0 Å². The molecule has 0 saturated heterocycles.